The van der Waals surface area contributed by atoms with Crippen LogP contribution in [0, 0.1) is 22.7 Å². The number of aryl methyl sites for hydroxylation is 1. The first kappa shape index (κ1) is 61.1. The van der Waals surface area contributed by atoms with Gasteiger partial charge < -0.3 is 10.1 Å². The van der Waals surface area contributed by atoms with Crippen LogP contribution in [0.1, 0.15) is 175 Å². The number of ether oxygens (including phenoxy) is 1. The van der Waals surface area contributed by atoms with Crippen molar-refractivity contribution in [1.82, 2.24) is 5.32 Å². The summed E-state index contributed by atoms with van der Waals surface area (Å²) in [4.78, 5) is 13.7. The molecule has 0 radical (unpaired) electrons. The number of unbranched alkanes of at least 4 members (excludes halogenated alkanes) is 3. The first-order valence-corrected chi connectivity index (χ1v) is 24.6. The molecule has 1 aliphatic rings. The lowest BCUT2D eigenvalue weighted by molar-refractivity contribution is -0.133. The normalized spacial score (nSPS) is 15.1. The smallest absolute Gasteiger partial charge is 0.142 e. The van der Waals surface area contributed by atoms with Crippen molar-refractivity contribution in [2.75, 3.05) is 20.3 Å². The van der Waals surface area contributed by atoms with Crippen LogP contribution >= 0.6 is 0 Å². The zero-order valence-electron chi connectivity index (χ0n) is 43.2. The van der Waals surface area contributed by atoms with Gasteiger partial charge in [-0.15, -0.1) is 6.58 Å². The van der Waals surface area contributed by atoms with E-state index < -0.39 is 5.41 Å². The molecule has 0 aromatic heterocycles. The first-order valence-electron chi connectivity index (χ1n) is 24.6. The minimum atomic E-state index is -0.391. The standard InChI is InChI=1S/C35H57NO2.C10H14.C10H18.C5H8.2H2/c1-10-18-28(3)19-15-16-23-35(8,33(37)30(5)27-31(11-2)36-9)24-26-38-25-17-22-34(6,7)32-21-14-12-13-20-29(32)4;1-2-3-7-10-8-5-4-6-9-10;1-4-6-7-8-9-10(3)5-2;1-3-5-4-2;;/h11,13-15,18-21,30,36H,10,12,16-17,22-27H2,1-9H3;4-6,8-9H,2-3,7H2,1H3;5,8-10H,2,4,6-7H2,1,3H3;3-5H,1H2,2H3;2*1H/b19-15-,28-18-,31-11-;;9-8-;5-4-;;. The van der Waals surface area contributed by atoms with Crippen molar-refractivity contribution in [3.05, 3.63) is 157 Å². The Balaban J connectivity index is -0.000000555. The van der Waals surface area contributed by atoms with E-state index in [0.717, 1.165) is 63.7 Å². The molecule has 0 saturated carbocycles. The lowest BCUT2D eigenvalue weighted by Crippen LogP contribution is -2.34. The van der Waals surface area contributed by atoms with Crippen LogP contribution in [0.3, 0.4) is 0 Å². The molecule has 0 fully saturated rings. The number of Topliss-reactive ketones (excluding diaryl/α,β-unsaturated/α-hetero) is 1. The van der Waals surface area contributed by atoms with Crippen molar-refractivity contribution >= 4 is 5.78 Å². The van der Waals surface area contributed by atoms with Gasteiger partial charge in [0.1, 0.15) is 5.78 Å². The highest BCUT2D eigenvalue weighted by atomic mass is 16.5. The second kappa shape index (κ2) is 39.6. The second-order valence-electron chi connectivity index (χ2n) is 17.9. The van der Waals surface area contributed by atoms with Gasteiger partial charge in [-0.05, 0) is 126 Å². The van der Waals surface area contributed by atoms with Crippen LogP contribution in [0.15, 0.2) is 151 Å². The Morgan fingerprint density at radius 1 is 0.905 bits per heavy atom. The van der Waals surface area contributed by atoms with Gasteiger partial charge in [0.05, 0.1) is 0 Å². The number of hydrogen-bond acceptors (Lipinski definition) is 3. The zero-order valence-corrected chi connectivity index (χ0v) is 43.2. The highest BCUT2D eigenvalue weighted by Gasteiger charge is 2.35. The Labute approximate surface area is 394 Å². The average molecular weight is 868 g/mol. The highest BCUT2D eigenvalue weighted by molar-refractivity contribution is 5.86. The number of ketones is 1. The number of hydrogen-bond donors (Lipinski definition) is 1. The maximum absolute atomic E-state index is 13.7. The van der Waals surface area contributed by atoms with Crippen LogP contribution < -0.4 is 5.32 Å². The second-order valence-corrected chi connectivity index (χ2v) is 17.9. The predicted molar refractivity (Wildman–Crippen MR) is 289 cm³/mol. The fourth-order valence-electron chi connectivity index (χ4n) is 7.33. The van der Waals surface area contributed by atoms with Gasteiger partial charge in [0, 0.05) is 40.1 Å². The third-order valence-corrected chi connectivity index (χ3v) is 11.5. The molecule has 0 bridgehead atoms. The van der Waals surface area contributed by atoms with E-state index in [0.29, 0.717) is 18.3 Å². The molecule has 3 atom stereocenters. The molecular formula is C60H101NO2. The molecule has 0 saturated heterocycles. The summed E-state index contributed by atoms with van der Waals surface area (Å²) in [5.41, 5.74) is 6.39. The first-order chi connectivity index (χ1) is 30.2. The predicted octanol–water partition coefficient (Wildman–Crippen LogP) is 18.3. The maximum atomic E-state index is 13.7. The molecule has 1 aliphatic carbocycles. The summed E-state index contributed by atoms with van der Waals surface area (Å²) < 4.78 is 6.14. The summed E-state index contributed by atoms with van der Waals surface area (Å²) in [7, 11) is 1.93. The van der Waals surface area contributed by atoms with Crippen LogP contribution in [0.2, 0.25) is 0 Å². The molecule has 0 aliphatic heterocycles. The molecule has 1 N–H and O–H groups in total. The zero-order chi connectivity index (χ0) is 47.8. The molecule has 2 rings (SSSR count). The van der Waals surface area contributed by atoms with E-state index in [9.17, 15) is 4.79 Å². The summed E-state index contributed by atoms with van der Waals surface area (Å²) in [5, 5.41) is 3.23. The fourth-order valence-corrected chi connectivity index (χ4v) is 7.33. The van der Waals surface area contributed by atoms with Crippen molar-refractivity contribution in [3.8, 4) is 0 Å². The molecule has 3 nitrogen and oxygen atoms in total. The van der Waals surface area contributed by atoms with Gasteiger partial charge in [-0.25, -0.2) is 0 Å². The minimum absolute atomic E-state index is 0. The summed E-state index contributed by atoms with van der Waals surface area (Å²) in [6.07, 6.45) is 44.8. The quantitative estimate of drug-likeness (QED) is 0.0544. The lowest BCUT2D eigenvalue weighted by atomic mass is 9.73. The Morgan fingerprint density at radius 2 is 1.59 bits per heavy atom. The fraction of sp³-hybridized carbons (Fsp3) is 0.550. The molecule has 0 spiro atoms. The molecule has 1 aromatic rings. The van der Waals surface area contributed by atoms with E-state index in [-0.39, 0.29) is 14.2 Å². The monoisotopic (exact) mass is 868 g/mol. The Hall–Kier alpha value is -3.95. The lowest BCUT2D eigenvalue weighted by Gasteiger charge is -2.31. The summed E-state index contributed by atoms with van der Waals surface area (Å²) >= 11 is 0. The van der Waals surface area contributed by atoms with E-state index in [1.807, 2.05) is 39.1 Å². The van der Waals surface area contributed by atoms with Gasteiger partial charge in [-0.1, -0.05) is 202 Å². The molecule has 0 amide bonds. The molecule has 1 aromatic carbocycles. The topological polar surface area (TPSA) is 38.3 Å². The number of carbonyl (C=O) groups is 1. The summed E-state index contributed by atoms with van der Waals surface area (Å²) in [6, 6.07) is 10.6. The van der Waals surface area contributed by atoms with E-state index in [2.05, 4.69) is 179 Å². The van der Waals surface area contributed by atoms with Crippen molar-refractivity contribution in [2.45, 2.75) is 173 Å². The van der Waals surface area contributed by atoms with Gasteiger partial charge in [0.25, 0.3) is 0 Å². The largest absolute Gasteiger partial charge is 0.392 e. The third kappa shape index (κ3) is 31.5. The molecule has 3 heteroatoms. The number of allylic oxidation sites excluding steroid dienone is 18. The van der Waals surface area contributed by atoms with E-state index in [1.165, 1.54) is 60.8 Å². The van der Waals surface area contributed by atoms with Crippen molar-refractivity contribution in [2.24, 2.45) is 22.7 Å². The minimum Gasteiger partial charge on any atom is -0.392 e. The third-order valence-electron chi connectivity index (χ3n) is 11.5. The van der Waals surface area contributed by atoms with Crippen LogP contribution in [0.5, 0.6) is 0 Å². The van der Waals surface area contributed by atoms with E-state index in [4.69, 9.17) is 4.74 Å². The Bertz CT molecular complexity index is 1590. The van der Waals surface area contributed by atoms with Gasteiger partial charge in [-0.3, -0.25) is 4.79 Å². The SMILES string of the molecule is C/C=C(/CC(C)C(=O)C(C)(CC/C=C\C(C)=C/CC)CCOCCCC(C)(C)C1=C(C)C=CCC=C1)NC.C=C/C=C\C.C=CC(C)/C=C\CCCC.CCCCc1ccccc1.[HH].[HH]. The van der Waals surface area contributed by atoms with Crippen LogP contribution in [0.25, 0.3) is 0 Å². The molecule has 0 heterocycles. The molecule has 358 valence electrons. The van der Waals surface area contributed by atoms with Crippen molar-refractivity contribution < 1.29 is 12.4 Å². The Morgan fingerprint density at radius 3 is 2.16 bits per heavy atom. The van der Waals surface area contributed by atoms with Crippen molar-refractivity contribution in [3.63, 3.8) is 0 Å². The average Bonchev–Trinajstić information content (AvgIpc) is 3.51. The highest BCUT2D eigenvalue weighted by Crippen LogP contribution is 2.37. The number of benzene rings is 1. The Kier molecular flexibility index (Phi) is 38.5. The number of nitrogens with one attached hydrogen (secondary N) is 1. The summed E-state index contributed by atoms with van der Waals surface area (Å²) in [5.74, 6) is 0.863. The van der Waals surface area contributed by atoms with E-state index in [1.54, 1.807) is 6.08 Å². The number of carbonyl (C=O) groups excluding carboxylic acids is 1. The summed E-state index contributed by atoms with van der Waals surface area (Å²) in [6.45, 7) is 34.5. The maximum Gasteiger partial charge on any atom is 0.142 e. The van der Waals surface area contributed by atoms with Gasteiger partial charge in [-0.2, -0.15) is 0 Å². The van der Waals surface area contributed by atoms with Crippen LogP contribution in [-0.2, 0) is 16.0 Å². The van der Waals surface area contributed by atoms with Crippen LogP contribution in [0.4, 0.5) is 0 Å². The molecular weight excluding hydrogens is 767 g/mol. The molecule has 3 unspecified atom stereocenters. The van der Waals surface area contributed by atoms with Gasteiger partial charge in [0.2, 0.25) is 0 Å². The molecule has 63 heavy (non-hydrogen) atoms. The van der Waals surface area contributed by atoms with Gasteiger partial charge >= 0.3 is 0 Å². The van der Waals surface area contributed by atoms with Gasteiger partial charge in [0.15, 0.2) is 0 Å². The van der Waals surface area contributed by atoms with E-state index >= 15 is 0 Å². The van der Waals surface area contributed by atoms with Crippen LogP contribution in [-0.4, -0.2) is 26.0 Å². The van der Waals surface area contributed by atoms with Crippen molar-refractivity contribution in [1.29, 1.82) is 0 Å². The number of rotatable bonds is 27.